The van der Waals surface area contributed by atoms with Crippen LogP contribution in [0.3, 0.4) is 0 Å². The van der Waals surface area contributed by atoms with Crippen LogP contribution in [0.2, 0.25) is 0 Å². The maximum atomic E-state index is 15.4. The van der Waals surface area contributed by atoms with Crippen molar-refractivity contribution >= 4 is 18.8 Å². The van der Waals surface area contributed by atoms with Crippen molar-refractivity contribution in [3.05, 3.63) is 16.7 Å². The SMILES string of the molecule is CC(C)C1C(F)C(n2cnc3c(=O)[nH]nnc32)OC1C(C)OP(=O)([O-])C(C)C. The van der Waals surface area contributed by atoms with Gasteiger partial charge in [-0.05, 0) is 12.8 Å². The predicted octanol–water partition coefficient (Wildman–Crippen LogP) is 1.39. The number of halogens is 1. The molecule has 6 atom stereocenters. The standard InChI is InChI=1S/C16H25FN5O5P/c1-7(2)10-11(17)16(22-6-18-12-14(22)19-21-20-15(12)23)26-13(10)9(5)27-28(24,25)8(3)4/h6-11,13,16H,1-5H3,(H,24,25)(H,19,20,23)/p-1. The fourth-order valence-electron chi connectivity index (χ4n) is 3.47. The number of ether oxygens (including phenoxy) is 1. The molecule has 3 rings (SSSR count). The number of aromatic amines is 1. The van der Waals surface area contributed by atoms with Gasteiger partial charge in [-0.1, -0.05) is 32.9 Å². The first-order valence-electron chi connectivity index (χ1n) is 9.11. The van der Waals surface area contributed by atoms with Crippen LogP contribution in [0.5, 0.6) is 0 Å². The van der Waals surface area contributed by atoms with Crippen LogP contribution < -0.4 is 10.5 Å². The average Bonchev–Trinajstić information content (AvgIpc) is 3.16. The van der Waals surface area contributed by atoms with Crippen molar-refractivity contribution in [1.82, 2.24) is 25.0 Å². The van der Waals surface area contributed by atoms with E-state index in [4.69, 9.17) is 9.26 Å². The van der Waals surface area contributed by atoms with Gasteiger partial charge in [-0.15, -0.1) is 5.10 Å². The number of hydrogen-bond acceptors (Lipinski definition) is 8. The number of nitrogens with one attached hydrogen (secondary N) is 1. The van der Waals surface area contributed by atoms with Crippen molar-refractivity contribution in [2.24, 2.45) is 11.8 Å². The number of nitrogens with zero attached hydrogens (tertiary/aromatic N) is 4. The highest BCUT2D eigenvalue weighted by Gasteiger charge is 2.50. The second-order valence-corrected chi connectivity index (χ2v) is 9.99. The van der Waals surface area contributed by atoms with E-state index in [1.165, 1.54) is 24.7 Å². The highest BCUT2D eigenvalue weighted by Crippen LogP contribution is 2.48. The van der Waals surface area contributed by atoms with E-state index >= 15 is 4.39 Å². The van der Waals surface area contributed by atoms with Gasteiger partial charge in [0.25, 0.3) is 5.56 Å². The Morgan fingerprint density at radius 1 is 1.36 bits per heavy atom. The van der Waals surface area contributed by atoms with Gasteiger partial charge in [0.1, 0.15) is 7.60 Å². The zero-order valence-corrected chi connectivity index (χ0v) is 17.2. The minimum Gasteiger partial charge on any atom is -0.778 e. The van der Waals surface area contributed by atoms with E-state index in [0.717, 1.165) is 0 Å². The van der Waals surface area contributed by atoms with E-state index in [1.54, 1.807) is 6.92 Å². The smallest absolute Gasteiger partial charge is 0.295 e. The van der Waals surface area contributed by atoms with Crippen LogP contribution >= 0.6 is 7.60 Å². The maximum Gasteiger partial charge on any atom is 0.295 e. The molecule has 0 radical (unpaired) electrons. The summed E-state index contributed by atoms with van der Waals surface area (Å²) in [4.78, 5) is 27.9. The topological polar surface area (TPSA) is 135 Å². The minimum absolute atomic E-state index is 0.0171. The molecule has 0 aromatic carbocycles. The number of hydrogen-bond donors (Lipinski definition) is 1. The molecule has 0 saturated carbocycles. The van der Waals surface area contributed by atoms with Crippen LogP contribution in [-0.2, 0) is 13.8 Å². The van der Waals surface area contributed by atoms with E-state index in [9.17, 15) is 14.3 Å². The molecule has 2 aromatic rings. The molecule has 6 unspecified atom stereocenters. The molecule has 3 heterocycles. The fourth-order valence-corrected chi connectivity index (χ4v) is 4.30. The second kappa shape index (κ2) is 7.62. The van der Waals surface area contributed by atoms with Gasteiger partial charge in [-0.3, -0.25) is 9.36 Å². The first kappa shape index (κ1) is 21.0. The van der Waals surface area contributed by atoms with Gasteiger partial charge in [0, 0.05) is 11.6 Å². The van der Waals surface area contributed by atoms with E-state index in [2.05, 4.69) is 20.4 Å². The van der Waals surface area contributed by atoms with Crippen LogP contribution in [0.25, 0.3) is 11.2 Å². The zero-order valence-electron chi connectivity index (χ0n) is 16.3. The number of H-pyrrole nitrogens is 1. The van der Waals surface area contributed by atoms with E-state index in [1.807, 2.05) is 13.8 Å². The molecular weight excluding hydrogens is 392 g/mol. The van der Waals surface area contributed by atoms with Crippen molar-refractivity contribution in [3.8, 4) is 0 Å². The lowest BCUT2D eigenvalue weighted by molar-refractivity contribution is -0.209. The van der Waals surface area contributed by atoms with Gasteiger partial charge in [0.2, 0.25) is 0 Å². The summed E-state index contributed by atoms with van der Waals surface area (Å²) in [5, 5.41) is 9.48. The number of fused-ring (bicyclic) bond motifs is 1. The Balaban J connectivity index is 1.94. The molecule has 2 aromatic heterocycles. The summed E-state index contributed by atoms with van der Waals surface area (Å²) in [7, 11) is -4.11. The Morgan fingerprint density at radius 2 is 2.04 bits per heavy atom. The van der Waals surface area contributed by atoms with Crippen molar-refractivity contribution in [1.29, 1.82) is 0 Å². The van der Waals surface area contributed by atoms with Crippen molar-refractivity contribution < 1.29 is 23.1 Å². The Kier molecular flexibility index (Phi) is 5.73. The van der Waals surface area contributed by atoms with Crippen LogP contribution in [0.4, 0.5) is 4.39 Å². The molecule has 1 saturated heterocycles. The summed E-state index contributed by atoms with van der Waals surface area (Å²) in [5.41, 5.74) is -1.14. The third-order valence-electron chi connectivity index (χ3n) is 5.05. The Labute approximate surface area is 161 Å². The number of rotatable bonds is 6. The second-order valence-electron chi connectivity index (χ2n) is 7.67. The molecule has 10 nitrogen and oxygen atoms in total. The highest BCUT2D eigenvalue weighted by atomic mass is 31.2. The maximum absolute atomic E-state index is 15.4. The molecule has 1 N–H and O–H groups in total. The molecule has 156 valence electrons. The number of alkyl halides is 1. The zero-order chi connectivity index (χ0) is 20.8. The predicted molar refractivity (Wildman–Crippen MR) is 96.4 cm³/mol. The van der Waals surface area contributed by atoms with Gasteiger partial charge in [-0.2, -0.15) is 0 Å². The van der Waals surface area contributed by atoms with E-state index in [0.29, 0.717) is 0 Å². The lowest BCUT2D eigenvalue weighted by atomic mass is 9.85. The van der Waals surface area contributed by atoms with Crippen molar-refractivity contribution in [2.45, 2.75) is 64.9 Å². The summed E-state index contributed by atoms with van der Waals surface area (Å²) in [5.74, 6) is -0.773. The Hall–Kier alpha value is -1.68. The summed E-state index contributed by atoms with van der Waals surface area (Å²) in [6.07, 6.45) is -3.04. The van der Waals surface area contributed by atoms with Crippen LogP contribution in [-0.4, -0.2) is 49.0 Å². The van der Waals surface area contributed by atoms with Gasteiger partial charge < -0.3 is 18.7 Å². The molecule has 1 aliphatic rings. The number of imidazole rings is 1. The highest BCUT2D eigenvalue weighted by molar-refractivity contribution is 7.52. The van der Waals surface area contributed by atoms with Crippen LogP contribution in [0, 0.1) is 11.8 Å². The molecule has 0 spiro atoms. The first-order chi connectivity index (χ1) is 13.0. The molecule has 12 heteroatoms. The van der Waals surface area contributed by atoms with Crippen molar-refractivity contribution in [3.63, 3.8) is 0 Å². The summed E-state index contributed by atoms with van der Waals surface area (Å²) in [6, 6.07) is 0. The van der Waals surface area contributed by atoms with Crippen LogP contribution in [0.15, 0.2) is 11.1 Å². The van der Waals surface area contributed by atoms with Gasteiger partial charge in [0.05, 0.1) is 18.5 Å². The molecule has 0 amide bonds. The molecule has 0 aliphatic carbocycles. The normalized spacial score (nSPS) is 28.9. The molecule has 1 aliphatic heterocycles. The summed E-state index contributed by atoms with van der Waals surface area (Å²) >= 11 is 0. The van der Waals surface area contributed by atoms with E-state index < -0.39 is 49.3 Å². The minimum atomic E-state index is -4.11. The third-order valence-corrected chi connectivity index (χ3v) is 6.94. The van der Waals surface area contributed by atoms with Gasteiger partial charge in [0.15, 0.2) is 23.6 Å². The van der Waals surface area contributed by atoms with Gasteiger partial charge in [-0.25, -0.2) is 14.5 Å². The summed E-state index contributed by atoms with van der Waals surface area (Å²) < 4.78 is 40.1. The Morgan fingerprint density at radius 3 is 2.64 bits per heavy atom. The lowest BCUT2D eigenvalue weighted by Gasteiger charge is -2.34. The molecular formula is C16H24FN5O5P-. The number of aromatic nitrogens is 5. The fraction of sp³-hybridized carbons (Fsp3) is 0.750. The lowest BCUT2D eigenvalue weighted by Crippen LogP contribution is -2.37. The quantitative estimate of drug-likeness (QED) is 0.698. The molecule has 0 bridgehead atoms. The summed E-state index contributed by atoms with van der Waals surface area (Å²) in [6.45, 7) is 8.25. The van der Waals surface area contributed by atoms with Crippen LogP contribution in [0.1, 0.15) is 40.8 Å². The average molecular weight is 416 g/mol. The van der Waals surface area contributed by atoms with Crippen molar-refractivity contribution in [2.75, 3.05) is 0 Å². The Bertz CT molecular complexity index is 947. The third kappa shape index (κ3) is 3.63. The molecule has 28 heavy (non-hydrogen) atoms. The largest absolute Gasteiger partial charge is 0.778 e. The monoisotopic (exact) mass is 416 g/mol. The first-order valence-corrected chi connectivity index (χ1v) is 10.7. The molecule has 1 fully saturated rings. The van der Waals surface area contributed by atoms with Gasteiger partial charge >= 0.3 is 0 Å². The van der Waals surface area contributed by atoms with E-state index in [-0.39, 0.29) is 17.1 Å².